The van der Waals surface area contributed by atoms with Gasteiger partial charge in [-0.05, 0) is 43.7 Å². The highest BCUT2D eigenvalue weighted by atomic mass is 32.2. The minimum absolute atomic E-state index is 0.0496. The largest absolute Gasteiger partial charge is 0.419 e. The molecule has 0 spiro atoms. The van der Waals surface area contributed by atoms with Gasteiger partial charge < -0.3 is 8.98 Å². The molecule has 0 bridgehead atoms. The zero-order valence-electron chi connectivity index (χ0n) is 15.7. The second kappa shape index (κ2) is 7.69. The molecule has 0 aliphatic rings. The molecule has 2 aromatic carbocycles. The minimum atomic E-state index is -3.77. The Bertz CT molecular complexity index is 1350. The van der Waals surface area contributed by atoms with E-state index in [1.165, 1.54) is 12.1 Å². The number of sulfonamides is 1. The van der Waals surface area contributed by atoms with Gasteiger partial charge in [0.15, 0.2) is 10.7 Å². The Morgan fingerprint density at radius 1 is 1.14 bits per heavy atom. The van der Waals surface area contributed by atoms with Gasteiger partial charge in [-0.3, -0.25) is 4.57 Å². The summed E-state index contributed by atoms with van der Waals surface area (Å²) in [5, 5.41) is 6.02. The molecule has 0 aliphatic heterocycles. The molecule has 0 radical (unpaired) electrons. The molecule has 2 N–H and O–H groups in total. The first-order chi connectivity index (χ1) is 13.9. The van der Waals surface area contributed by atoms with Gasteiger partial charge in [-0.15, -0.1) is 0 Å². The van der Waals surface area contributed by atoms with E-state index in [4.69, 9.17) is 9.56 Å². The fourth-order valence-corrected chi connectivity index (χ4v) is 4.83. The van der Waals surface area contributed by atoms with Gasteiger partial charge in [-0.25, -0.2) is 23.3 Å². The summed E-state index contributed by atoms with van der Waals surface area (Å²) in [6.45, 7) is 3.26. The Morgan fingerprint density at radius 3 is 2.69 bits per heavy atom. The Balaban J connectivity index is 1.50. The fourth-order valence-electron chi connectivity index (χ4n) is 3.29. The molecule has 0 aliphatic carbocycles. The molecule has 10 heteroatoms. The van der Waals surface area contributed by atoms with E-state index >= 15 is 0 Å². The first kappa shape index (κ1) is 19.7. The van der Waals surface area contributed by atoms with Gasteiger partial charge in [0, 0.05) is 18.8 Å². The third kappa shape index (κ3) is 3.83. The third-order valence-corrected chi connectivity index (χ3v) is 6.63. The molecule has 4 rings (SSSR count). The number of benzene rings is 2. The van der Waals surface area contributed by atoms with Crippen molar-refractivity contribution in [1.82, 2.24) is 14.1 Å². The average molecular weight is 433 g/mol. The van der Waals surface area contributed by atoms with Crippen LogP contribution in [0.1, 0.15) is 13.3 Å². The number of imidazole rings is 1. The predicted octanol–water partition coefficient (Wildman–Crippen LogP) is 2.79. The molecule has 0 saturated heterocycles. The van der Waals surface area contributed by atoms with Gasteiger partial charge in [0.05, 0.1) is 21.4 Å². The molecule has 0 saturated carbocycles. The van der Waals surface area contributed by atoms with Gasteiger partial charge in [-0.2, -0.15) is 0 Å². The molecule has 4 aromatic rings. The van der Waals surface area contributed by atoms with E-state index in [0.717, 1.165) is 28.4 Å². The van der Waals surface area contributed by atoms with E-state index in [-0.39, 0.29) is 10.7 Å². The molecule has 8 nitrogen and oxygen atoms in total. The van der Waals surface area contributed by atoms with E-state index in [1.54, 1.807) is 28.5 Å². The normalized spacial score (nSPS) is 12.2. The number of aromatic nitrogens is 3. The number of aryl methyl sites for hydroxylation is 2. The number of fused-ring (bicyclic) bond motifs is 2. The lowest BCUT2D eigenvalue weighted by Crippen LogP contribution is -2.14. The predicted molar refractivity (Wildman–Crippen MR) is 113 cm³/mol. The summed E-state index contributed by atoms with van der Waals surface area (Å²) in [6.07, 6.45) is 0.753. The molecule has 29 heavy (non-hydrogen) atoms. The first-order valence-electron chi connectivity index (χ1n) is 9.12. The summed E-state index contributed by atoms with van der Waals surface area (Å²) in [5.74, 6) is 0.393. The van der Waals surface area contributed by atoms with Crippen molar-refractivity contribution < 1.29 is 12.8 Å². The first-order valence-corrected chi connectivity index (χ1v) is 11.7. The summed E-state index contributed by atoms with van der Waals surface area (Å²) >= 11 is 1.57. The quantitative estimate of drug-likeness (QED) is 0.355. The van der Waals surface area contributed by atoms with Crippen LogP contribution in [0.25, 0.3) is 22.1 Å². The van der Waals surface area contributed by atoms with Gasteiger partial charge in [0.25, 0.3) is 0 Å². The number of rotatable bonds is 7. The van der Waals surface area contributed by atoms with Crippen LogP contribution in [0.2, 0.25) is 0 Å². The lowest BCUT2D eigenvalue weighted by molar-refractivity contribution is 0.503. The summed E-state index contributed by atoms with van der Waals surface area (Å²) in [5.41, 5.74) is 2.83. The van der Waals surface area contributed by atoms with Crippen molar-refractivity contribution >= 4 is 43.9 Å². The van der Waals surface area contributed by atoms with Crippen LogP contribution in [0.15, 0.2) is 61.7 Å². The summed E-state index contributed by atoms with van der Waals surface area (Å²) in [6, 6.07) is 12.1. The molecule has 0 fully saturated rings. The third-order valence-electron chi connectivity index (χ3n) is 4.66. The van der Waals surface area contributed by atoms with Gasteiger partial charge in [0.1, 0.15) is 0 Å². The van der Waals surface area contributed by atoms with Crippen LogP contribution in [-0.4, -0.2) is 28.3 Å². The molecule has 152 valence electrons. The van der Waals surface area contributed by atoms with Crippen molar-refractivity contribution in [3.05, 3.63) is 53.0 Å². The lowest BCUT2D eigenvalue weighted by atomic mass is 10.3. The number of hydrogen-bond donors (Lipinski definition) is 1. The van der Waals surface area contributed by atoms with Crippen LogP contribution in [0.4, 0.5) is 0 Å². The standard InChI is InChI=1S/C19H20N4O4S2/c1-2-22-15-9-8-13(29(20,25)26)12-14(15)21-18(22)28-11-5-10-23-16-6-3-4-7-17(16)27-19(23)24/h3-4,6-9,12H,2,5,10-11H2,1H3,(H2,20,25,26). The van der Waals surface area contributed by atoms with Crippen LogP contribution in [0.5, 0.6) is 0 Å². The summed E-state index contributed by atoms with van der Waals surface area (Å²) < 4.78 is 32.1. The van der Waals surface area contributed by atoms with Gasteiger partial charge in [0.2, 0.25) is 10.0 Å². The summed E-state index contributed by atoms with van der Waals surface area (Å²) in [4.78, 5) is 16.7. The molecule has 2 aromatic heterocycles. The van der Waals surface area contributed by atoms with E-state index < -0.39 is 10.0 Å². The topological polar surface area (TPSA) is 113 Å². The number of para-hydroxylation sites is 2. The number of hydrogen-bond acceptors (Lipinski definition) is 6. The molecule has 2 heterocycles. The number of oxazole rings is 1. The van der Waals surface area contributed by atoms with Crippen molar-refractivity contribution in [2.45, 2.75) is 36.5 Å². The van der Waals surface area contributed by atoms with E-state index in [0.29, 0.717) is 24.2 Å². The average Bonchev–Trinajstić information content (AvgIpc) is 3.20. The maximum Gasteiger partial charge on any atom is 0.419 e. The van der Waals surface area contributed by atoms with Crippen molar-refractivity contribution in [3.63, 3.8) is 0 Å². The molecular formula is C19H20N4O4S2. The molecule has 0 unspecified atom stereocenters. The number of nitrogens with two attached hydrogens (primary N) is 1. The smallest absolute Gasteiger partial charge is 0.408 e. The monoisotopic (exact) mass is 432 g/mol. The number of nitrogens with zero attached hydrogens (tertiary/aromatic N) is 3. The van der Waals surface area contributed by atoms with Crippen molar-refractivity contribution in [3.8, 4) is 0 Å². The second-order valence-corrected chi connectivity index (χ2v) is 9.15. The highest BCUT2D eigenvalue weighted by Crippen LogP contribution is 2.26. The second-order valence-electron chi connectivity index (χ2n) is 6.52. The Morgan fingerprint density at radius 2 is 1.93 bits per heavy atom. The Kier molecular flexibility index (Phi) is 5.24. The zero-order valence-corrected chi connectivity index (χ0v) is 17.4. The molecular weight excluding hydrogens is 412 g/mol. The van der Waals surface area contributed by atoms with E-state index in [1.807, 2.05) is 29.7 Å². The maximum atomic E-state index is 12.0. The van der Waals surface area contributed by atoms with Crippen molar-refractivity contribution in [1.29, 1.82) is 0 Å². The van der Waals surface area contributed by atoms with Crippen LogP contribution >= 0.6 is 11.8 Å². The van der Waals surface area contributed by atoms with E-state index in [2.05, 4.69) is 4.98 Å². The van der Waals surface area contributed by atoms with Crippen molar-refractivity contribution in [2.24, 2.45) is 5.14 Å². The molecule has 0 amide bonds. The van der Waals surface area contributed by atoms with Crippen LogP contribution in [-0.2, 0) is 23.1 Å². The number of primary sulfonamides is 1. The number of thioether (sulfide) groups is 1. The maximum absolute atomic E-state index is 12.0. The van der Waals surface area contributed by atoms with Gasteiger partial charge >= 0.3 is 5.76 Å². The zero-order chi connectivity index (χ0) is 20.6. The SMILES string of the molecule is CCn1c(SCCCn2c(=O)oc3ccccc32)nc2cc(S(N)(=O)=O)ccc21. The Labute approximate surface area is 171 Å². The van der Waals surface area contributed by atoms with Crippen LogP contribution in [0.3, 0.4) is 0 Å². The van der Waals surface area contributed by atoms with Crippen molar-refractivity contribution in [2.75, 3.05) is 5.75 Å². The lowest BCUT2D eigenvalue weighted by Gasteiger charge is -2.06. The fraction of sp³-hybridized carbons (Fsp3) is 0.263. The Hall–Kier alpha value is -2.56. The summed E-state index contributed by atoms with van der Waals surface area (Å²) in [7, 11) is -3.77. The molecule has 0 atom stereocenters. The highest BCUT2D eigenvalue weighted by molar-refractivity contribution is 7.99. The highest BCUT2D eigenvalue weighted by Gasteiger charge is 2.15. The van der Waals surface area contributed by atoms with Crippen LogP contribution in [0, 0.1) is 0 Å². The van der Waals surface area contributed by atoms with Crippen LogP contribution < -0.4 is 10.9 Å². The van der Waals surface area contributed by atoms with E-state index in [9.17, 15) is 13.2 Å². The minimum Gasteiger partial charge on any atom is -0.408 e. The van der Waals surface area contributed by atoms with Gasteiger partial charge in [-0.1, -0.05) is 23.9 Å².